The topological polar surface area (TPSA) is 78.8 Å². The van der Waals surface area contributed by atoms with Gasteiger partial charge >= 0.3 is 0 Å². The van der Waals surface area contributed by atoms with Crippen LogP contribution in [0.5, 0.6) is 5.75 Å². The highest BCUT2D eigenvalue weighted by Gasteiger charge is 2.22. The molecule has 19 heavy (non-hydrogen) atoms. The average molecular weight is 271 g/mol. The first-order chi connectivity index (χ1) is 8.95. The molecule has 6 heteroatoms. The van der Waals surface area contributed by atoms with Gasteiger partial charge in [0.25, 0.3) is 0 Å². The van der Waals surface area contributed by atoms with Crippen LogP contribution < -0.4 is 10.1 Å². The first-order valence-electron chi connectivity index (χ1n) is 5.89. The standard InChI is InChI=1S/C13H18FNO4/c1-8(16)15-6-5-11(17)13(18)10-7-9(14)3-4-12(10)19-2/h3-4,7,11,13,17-18H,5-6H2,1-2H3,(H,15,16). The predicted octanol–water partition coefficient (Wildman–Crippen LogP) is 0.755. The van der Waals surface area contributed by atoms with E-state index in [1.807, 2.05) is 0 Å². The highest BCUT2D eigenvalue weighted by atomic mass is 19.1. The lowest BCUT2D eigenvalue weighted by molar-refractivity contribution is -0.119. The summed E-state index contributed by atoms with van der Waals surface area (Å²) in [5.41, 5.74) is 0.179. The minimum Gasteiger partial charge on any atom is -0.496 e. The van der Waals surface area contributed by atoms with Crippen LogP contribution in [0.3, 0.4) is 0 Å². The van der Waals surface area contributed by atoms with Crippen molar-refractivity contribution in [3.05, 3.63) is 29.6 Å². The maximum atomic E-state index is 13.2. The molecule has 0 saturated heterocycles. The Morgan fingerprint density at radius 1 is 1.47 bits per heavy atom. The van der Waals surface area contributed by atoms with Gasteiger partial charge in [-0.3, -0.25) is 4.79 Å². The first kappa shape index (κ1) is 15.4. The number of rotatable bonds is 6. The first-order valence-corrected chi connectivity index (χ1v) is 5.89. The third kappa shape index (κ3) is 4.50. The summed E-state index contributed by atoms with van der Waals surface area (Å²) in [7, 11) is 1.40. The minimum atomic E-state index is -1.28. The molecular formula is C13H18FNO4. The summed E-state index contributed by atoms with van der Waals surface area (Å²) in [6.45, 7) is 1.59. The van der Waals surface area contributed by atoms with Gasteiger partial charge in [-0.25, -0.2) is 4.39 Å². The van der Waals surface area contributed by atoms with Crippen molar-refractivity contribution in [2.75, 3.05) is 13.7 Å². The molecule has 0 aliphatic carbocycles. The zero-order valence-electron chi connectivity index (χ0n) is 10.9. The molecule has 0 aromatic heterocycles. The Morgan fingerprint density at radius 3 is 2.74 bits per heavy atom. The van der Waals surface area contributed by atoms with Crippen LogP contribution in [-0.4, -0.2) is 35.9 Å². The van der Waals surface area contributed by atoms with Gasteiger partial charge in [0.1, 0.15) is 17.7 Å². The Bertz CT molecular complexity index is 439. The normalized spacial score (nSPS) is 13.7. The van der Waals surface area contributed by atoms with E-state index in [1.165, 1.54) is 26.2 Å². The molecule has 1 aromatic rings. The minimum absolute atomic E-state index is 0.153. The lowest BCUT2D eigenvalue weighted by Gasteiger charge is -2.20. The Balaban J connectivity index is 2.72. The SMILES string of the molecule is COc1ccc(F)cc1C(O)C(O)CCNC(C)=O. The fourth-order valence-electron chi connectivity index (χ4n) is 1.70. The van der Waals surface area contributed by atoms with Crippen molar-refractivity contribution < 1.29 is 24.1 Å². The van der Waals surface area contributed by atoms with Gasteiger partial charge < -0.3 is 20.3 Å². The summed E-state index contributed by atoms with van der Waals surface area (Å²) < 4.78 is 18.2. The summed E-state index contributed by atoms with van der Waals surface area (Å²) in [4.78, 5) is 10.7. The van der Waals surface area contributed by atoms with Crippen LogP contribution in [0.4, 0.5) is 4.39 Å². The molecule has 0 bridgehead atoms. The van der Waals surface area contributed by atoms with Gasteiger partial charge in [-0.15, -0.1) is 0 Å². The van der Waals surface area contributed by atoms with E-state index >= 15 is 0 Å². The van der Waals surface area contributed by atoms with Crippen LogP contribution in [0.25, 0.3) is 0 Å². The van der Waals surface area contributed by atoms with Gasteiger partial charge in [-0.2, -0.15) is 0 Å². The second-order valence-electron chi connectivity index (χ2n) is 4.17. The lowest BCUT2D eigenvalue weighted by Crippen LogP contribution is -2.27. The maximum Gasteiger partial charge on any atom is 0.216 e. The molecule has 0 spiro atoms. The van der Waals surface area contributed by atoms with Crippen LogP contribution >= 0.6 is 0 Å². The zero-order valence-corrected chi connectivity index (χ0v) is 10.9. The lowest BCUT2D eigenvalue weighted by atomic mass is 10.0. The smallest absolute Gasteiger partial charge is 0.216 e. The number of amides is 1. The Hall–Kier alpha value is -1.66. The summed E-state index contributed by atoms with van der Waals surface area (Å²) in [6, 6.07) is 3.71. The Kier molecular flexibility index (Phi) is 5.72. The quantitative estimate of drug-likeness (QED) is 0.713. The molecule has 1 aromatic carbocycles. The summed E-state index contributed by atoms with van der Waals surface area (Å²) in [5, 5.41) is 22.3. The zero-order chi connectivity index (χ0) is 14.4. The molecule has 0 fully saturated rings. The van der Waals surface area contributed by atoms with Crippen molar-refractivity contribution in [1.82, 2.24) is 5.32 Å². The molecule has 0 aliphatic heterocycles. The highest BCUT2D eigenvalue weighted by Crippen LogP contribution is 2.28. The third-order valence-corrected chi connectivity index (χ3v) is 2.69. The van der Waals surface area contributed by atoms with Crippen molar-refractivity contribution in [2.45, 2.75) is 25.6 Å². The number of ether oxygens (including phenoxy) is 1. The van der Waals surface area contributed by atoms with Gasteiger partial charge in [-0.05, 0) is 24.6 Å². The fraction of sp³-hybridized carbons (Fsp3) is 0.462. The van der Waals surface area contributed by atoms with Gasteiger partial charge in [0.15, 0.2) is 0 Å². The molecule has 1 amide bonds. The van der Waals surface area contributed by atoms with Crippen molar-refractivity contribution in [1.29, 1.82) is 0 Å². The number of aliphatic hydroxyl groups is 2. The monoisotopic (exact) mass is 271 g/mol. The van der Waals surface area contributed by atoms with E-state index in [1.54, 1.807) is 0 Å². The van der Waals surface area contributed by atoms with E-state index in [-0.39, 0.29) is 24.4 Å². The van der Waals surface area contributed by atoms with Crippen molar-refractivity contribution in [3.63, 3.8) is 0 Å². The second-order valence-corrected chi connectivity index (χ2v) is 4.17. The molecule has 0 saturated carbocycles. The molecule has 5 nitrogen and oxygen atoms in total. The van der Waals surface area contributed by atoms with Crippen LogP contribution in [0.1, 0.15) is 25.0 Å². The summed E-state index contributed by atoms with van der Waals surface area (Å²) in [5.74, 6) is -0.443. The number of hydrogen-bond acceptors (Lipinski definition) is 4. The van der Waals surface area contributed by atoms with E-state index in [0.29, 0.717) is 5.75 Å². The predicted molar refractivity (Wildman–Crippen MR) is 67.2 cm³/mol. The van der Waals surface area contributed by atoms with E-state index in [9.17, 15) is 19.4 Å². The largest absolute Gasteiger partial charge is 0.496 e. The van der Waals surface area contributed by atoms with Crippen LogP contribution in [0, 0.1) is 5.82 Å². The number of benzene rings is 1. The number of methoxy groups -OCH3 is 1. The number of aliphatic hydroxyl groups excluding tert-OH is 2. The molecule has 1 rings (SSSR count). The van der Waals surface area contributed by atoms with Crippen molar-refractivity contribution in [2.24, 2.45) is 0 Å². The third-order valence-electron chi connectivity index (χ3n) is 2.69. The molecular weight excluding hydrogens is 253 g/mol. The van der Waals surface area contributed by atoms with Crippen LogP contribution in [0.2, 0.25) is 0 Å². The van der Waals surface area contributed by atoms with Gasteiger partial charge in [0.2, 0.25) is 5.91 Å². The van der Waals surface area contributed by atoms with E-state index in [0.717, 1.165) is 6.07 Å². The Morgan fingerprint density at radius 2 is 2.16 bits per heavy atom. The van der Waals surface area contributed by atoms with Crippen LogP contribution in [-0.2, 0) is 4.79 Å². The number of nitrogens with one attached hydrogen (secondary N) is 1. The van der Waals surface area contributed by atoms with E-state index in [4.69, 9.17) is 4.74 Å². The van der Waals surface area contributed by atoms with Crippen molar-refractivity contribution in [3.8, 4) is 5.75 Å². The van der Waals surface area contributed by atoms with Gasteiger partial charge in [-0.1, -0.05) is 0 Å². The van der Waals surface area contributed by atoms with Crippen molar-refractivity contribution >= 4 is 5.91 Å². The number of halogens is 1. The van der Waals surface area contributed by atoms with E-state index in [2.05, 4.69) is 5.32 Å². The molecule has 0 heterocycles. The van der Waals surface area contributed by atoms with Gasteiger partial charge in [0.05, 0.1) is 13.2 Å². The van der Waals surface area contributed by atoms with E-state index < -0.39 is 18.0 Å². The summed E-state index contributed by atoms with van der Waals surface area (Å²) in [6.07, 6.45) is -2.25. The summed E-state index contributed by atoms with van der Waals surface area (Å²) >= 11 is 0. The Labute approximate surface area is 111 Å². The molecule has 0 radical (unpaired) electrons. The number of carbonyl (C=O) groups excluding carboxylic acids is 1. The molecule has 3 N–H and O–H groups in total. The maximum absolute atomic E-state index is 13.2. The number of hydrogen-bond donors (Lipinski definition) is 3. The number of carbonyl (C=O) groups is 1. The fourth-order valence-corrected chi connectivity index (χ4v) is 1.70. The van der Waals surface area contributed by atoms with Crippen LogP contribution in [0.15, 0.2) is 18.2 Å². The average Bonchev–Trinajstić information content (AvgIpc) is 2.37. The highest BCUT2D eigenvalue weighted by molar-refractivity contribution is 5.72. The molecule has 2 unspecified atom stereocenters. The second kappa shape index (κ2) is 7.06. The molecule has 0 aliphatic rings. The molecule has 106 valence electrons. The van der Waals surface area contributed by atoms with Gasteiger partial charge in [0, 0.05) is 19.0 Å². The molecule has 2 atom stereocenters.